The molecule has 0 unspecified atom stereocenters. The molecule has 1 aromatic carbocycles. The van der Waals surface area contributed by atoms with Gasteiger partial charge in [-0.3, -0.25) is 0 Å². The van der Waals surface area contributed by atoms with Gasteiger partial charge in [0, 0.05) is 25.8 Å². The summed E-state index contributed by atoms with van der Waals surface area (Å²) in [5, 5.41) is 0. The molecule has 0 saturated heterocycles. The van der Waals surface area contributed by atoms with E-state index in [-0.39, 0.29) is 5.82 Å². The standard InChI is InChI=1S/C12H16FIN2O/c1-17-5-4-16(8-2-3-8)12-6-9(13)10(14)7-11(12)15/h6-8H,2-5,15H2,1H3. The van der Waals surface area contributed by atoms with Crippen molar-refractivity contribution in [2.75, 3.05) is 30.9 Å². The van der Waals surface area contributed by atoms with Crippen molar-refractivity contribution in [3.05, 3.63) is 21.5 Å². The van der Waals surface area contributed by atoms with Crippen LogP contribution in [0.4, 0.5) is 15.8 Å². The zero-order chi connectivity index (χ0) is 12.4. The fourth-order valence-corrected chi connectivity index (χ4v) is 2.37. The lowest BCUT2D eigenvalue weighted by atomic mass is 10.2. The van der Waals surface area contributed by atoms with E-state index in [1.165, 1.54) is 6.07 Å². The molecular weight excluding hydrogens is 334 g/mol. The molecule has 1 aromatic rings. The lowest BCUT2D eigenvalue weighted by molar-refractivity contribution is 0.205. The van der Waals surface area contributed by atoms with Gasteiger partial charge >= 0.3 is 0 Å². The molecule has 0 radical (unpaired) electrons. The Bertz CT molecular complexity index is 410. The number of benzene rings is 1. The molecule has 5 heteroatoms. The van der Waals surface area contributed by atoms with Gasteiger partial charge in [-0.15, -0.1) is 0 Å². The topological polar surface area (TPSA) is 38.5 Å². The summed E-state index contributed by atoms with van der Waals surface area (Å²) in [5.41, 5.74) is 7.41. The molecule has 1 saturated carbocycles. The largest absolute Gasteiger partial charge is 0.397 e. The first-order valence-electron chi connectivity index (χ1n) is 5.63. The third-order valence-corrected chi connectivity index (χ3v) is 3.73. The SMILES string of the molecule is COCCN(c1cc(F)c(I)cc1N)C1CC1. The number of halogens is 2. The number of ether oxygens (including phenoxy) is 1. The van der Waals surface area contributed by atoms with E-state index in [1.54, 1.807) is 13.2 Å². The van der Waals surface area contributed by atoms with Crippen LogP contribution in [0.5, 0.6) is 0 Å². The molecule has 1 aliphatic carbocycles. The Morgan fingerprint density at radius 3 is 2.82 bits per heavy atom. The second-order valence-electron chi connectivity index (χ2n) is 4.24. The fourth-order valence-electron chi connectivity index (χ4n) is 1.88. The van der Waals surface area contributed by atoms with Crippen LogP contribution in [-0.2, 0) is 4.74 Å². The van der Waals surface area contributed by atoms with Crippen LogP contribution < -0.4 is 10.6 Å². The molecular formula is C12H16FIN2O. The highest BCUT2D eigenvalue weighted by molar-refractivity contribution is 14.1. The van der Waals surface area contributed by atoms with Gasteiger partial charge < -0.3 is 15.4 Å². The first kappa shape index (κ1) is 12.9. The first-order chi connectivity index (χ1) is 8.13. The molecule has 0 spiro atoms. The van der Waals surface area contributed by atoms with Crippen molar-refractivity contribution in [2.24, 2.45) is 0 Å². The molecule has 0 amide bonds. The van der Waals surface area contributed by atoms with Gasteiger partial charge in [-0.2, -0.15) is 0 Å². The second-order valence-corrected chi connectivity index (χ2v) is 5.40. The van der Waals surface area contributed by atoms with Crippen LogP contribution in [-0.4, -0.2) is 26.3 Å². The number of anilines is 2. The maximum atomic E-state index is 13.6. The maximum Gasteiger partial charge on any atom is 0.138 e. The van der Waals surface area contributed by atoms with Gasteiger partial charge in [0.1, 0.15) is 5.82 Å². The van der Waals surface area contributed by atoms with E-state index < -0.39 is 0 Å². The number of hydrogen-bond donors (Lipinski definition) is 1. The van der Waals surface area contributed by atoms with Gasteiger partial charge in [0.25, 0.3) is 0 Å². The van der Waals surface area contributed by atoms with E-state index in [9.17, 15) is 4.39 Å². The van der Waals surface area contributed by atoms with Gasteiger partial charge in [-0.1, -0.05) is 0 Å². The minimum Gasteiger partial charge on any atom is -0.397 e. The molecule has 94 valence electrons. The number of rotatable bonds is 5. The Kier molecular flexibility index (Phi) is 4.09. The molecule has 1 fully saturated rings. The highest BCUT2D eigenvalue weighted by Gasteiger charge is 2.30. The molecule has 0 aromatic heterocycles. The number of methoxy groups -OCH3 is 1. The number of nitrogens with zero attached hydrogens (tertiary/aromatic N) is 1. The van der Waals surface area contributed by atoms with E-state index in [1.807, 2.05) is 22.6 Å². The van der Waals surface area contributed by atoms with Crippen molar-refractivity contribution in [3.8, 4) is 0 Å². The maximum absolute atomic E-state index is 13.6. The van der Waals surface area contributed by atoms with Crippen LogP contribution in [0.1, 0.15) is 12.8 Å². The normalized spacial score (nSPS) is 15.0. The van der Waals surface area contributed by atoms with Gasteiger partial charge in [0.2, 0.25) is 0 Å². The second kappa shape index (κ2) is 5.39. The van der Waals surface area contributed by atoms with Crippen LogP contribution in [0.3, 0.4) is 0 Å². The highest BCUT2D eigenvalue weighted by Crippen LogP contribution is 2.36. The van der Waals surface area contributed by atoms with Crippen molar-refractivity contribution >= 4 is 34.0 Å². The van der Waals surface area contributed by atoms with Gasteiger partial charge in [-0.05, 0) is 41.5 Å². The third kappa shape index (κ3) is 3.01. The highest BCUT2D eigenvalue weighted by atomic mass is 127. The van der Waals surface area contributed by atoms with E-state index in [2.05, 4.69) is 4.90 Å². The lowest BCUT2D eigenvalue weighted by Crippen LogP contribution is -2.30. The van der Waals surface area contributed by atoms with Crippen LogP contribution in [0, 0.1) is 9.39 Å². The zero-order valence-corrected chi connectivity index (χ0v) is 11.9. The van der Waals surface area contributed by atoms with Crippen molar-refractivity contribution < 1.29 is 9.13 Å². The predicted molar refractivity (Wildman–Crippen MR) is 75.8 cm³/mol. The van der Waals surface area contributed by atoms with Gasteiger partial charge in [0.05, 0.1) is 21.6 Å². The third-order valence-electron chi connectivity index (χ3n) is 2.90. The zero-order valence-electron chi connectivity index (χ0n) is 9.75. The Hall–Kier alpha value is -0.560. The van der Waals surface area contributed by atoms with Crippen molar-refractivity contribution in [1.82, 2.24) is 0 Å². The van der Waals surface area contributed by atoms with Gasteiger partial charge in [-0.25, -0.2) is 4.39 Å². The summed E-state index contributed by atoms with van der Waals surface area (Å²) >= 11 is 1.95. The number of hydrogen-bond acceptors (Lipinski definition) is 3. The van der Waals surface area contributed by atoms with Crippen molar-refractivity contribution in [2.45, 2.75) is 18.9 Å². The number of nitrogen functional groups attached to an aromatic ring is 1. The average molecular weight is 350 g/mol. The van der Waals surface area contributed by atoms with E-state index in [0.29, 0.717) is 21.9 Å². The summed E-state index contributed by atoms with van der Waals surface area (Å²) in [4.78, 5) is 2.15. The fraction of sp³-hybridized carbons (Fsp3) is 0.500. The molecule has 2 rings (SSSR count). The summed E-state index contributed by atoms with van der Waals surface area (Å²) in [6.07, 6.45) is 2.30. The summed E-state index contributed by atoms with van der Waals surface area (Å²) in [6.45, 7) is 1.38. The van der Waals surface area contributed by atoms with E-state index >= 15 is 0 Å². The summed E-state index contributed by atoms with van der Waals surface area (Å²) in [5.74, 6) is -0.210. The minimum absolute atomic E-state index is 0.210. The Labute approximate surface area is 114 Å². The summed E-state index contributed by atoms with van der Waals surface area (Å²) < 4.78 is 19.3. The summed E-state index contributed by atoms with van der Waals surface area (Å²) in [6, 6.07) is 3.71. The Balaban J connectivity index is 2.25. The monoisotopic (exact) mass is 350 g/mol. The molecule has 2 N–H and O–H groups in total. The molecule has 0 bridgehead atoms. The van der Waals surface area contributed by atoms with Crippen LogP contribution >= 0.6 is 22.6 Å². The predicted octanol–water partition coefficient (Wildman–Crippen LogP) is 2.63. The van der Waals surface area contributed by atoms with Crippen LogP contribution in [0.15, 0.2) is 12.1 Å². The van der Waals surface area contributed by atoms with E-state index in [0.717, 1.165) is 25.1 Å². The lowest BCUT2D eigenvalue weighted by Gasteiger charge is -2.26. The molecule has 17 heavy (non-hydrogen) atoms. The molecule has 0 heterocycles. The first-order valence-corrected chi connectivity index (χ1v) is 6.71. The van der Waals surface area contributed by atoms with Crippen LogP contribution in [0.2, 0.25) is 0 Å². The van der Waals surface area contributed by atoms with Crippen molar-refractivity contribution in [1.29, 1.82) is 0 Å². The molecule has 0 atom stereocenters. The van der Waals surface area contributed by atoms with Gasteiger partial charge in [0.15, 0.2) is 0 Å². The molecule has 0 aliphatic heterocycles. The molecule has 3 nitrogen and oxygen atoms in total. The Morgan fingerprint density at radius 1 is 1.53 bits per heavy atom. The smallest absolute Gasteiger partial charge is 0.138 e. The average Bonchev–Trinajstić information content (AvgIpc) is 3.10. The number of nitrogens with two attached hydrogens (primary N) is 1. The minimum atomic E-state index is -0.210. The van der Waals surface area contributed by atoms with Crippen LogP contribution in [0.25, 0.3) is 0 Å². The van der Waals surface area contributed by atoms with E-state index in [4.69, 9.17) is 10.5 Å². The Morgan fingerprint density at radius 2 is 2.24 bits per heavy atom. The quantitative estimate of drug-likeness (QED) is 0.656. The van der Waals surface area contributed by atoms with Crippen molar-refractivity contribution in [3.63, 3.8) is 0 Å². The summed E-state index contributed by atoms with van der Waals surface area (Å²) in [7, 11) is 1.67. The molecule has 1 aliphatic rings.